The topological polar surface area (TPSA) is 94.3 Å². The summed E-state index contributed by atoms with van der Waals surface area (Å²) in [5.41, 5.74) is 5.68. The molecule has 1 amide bonds. The van der Waals surface area contributed by atoms with Crippen LogP contribution in [0.25, 0.3) is 0 Å². The fourth-order valence-electron chi connectivity index (χ4n) is 1.40. The van der Waals surface area contributed by atoms with E-state index in [4.69, 9.17) is 22.1 Å². The zero-order valence-electron chi connectivity index (χ0n) is 11.7. The maximum Gasteiger partial charge on any atom is 0.310 e. The smallest absolute Gasteiger partial charge is 0.310 e. The van der Waals surface area contributed by atoms with Gasteiger partial charge in [0.2, 0.25) is 0 Å². The number of amides is 1. The van der Waals surface area contributed by atoms with Crippen molar-refractivity contribution in [1.82, 2.24) is 10.3 Å². The maximum absolute atomic E-state index is 11.6. The minimum absolute atomic E-state index is 0.0181. The highest BCUT2D eigenvalue weighted by Gasteiger charge is 2.15. The molecule has 0 saturated heterocycles. The third-order valence-corrected chi connectivity index (χ3v) is 2.46. The van der Waals surface area contributed by atoms with E-state index in [1.807, 2.05) is 20.8 Å². The molecule has 20 heavy (non-hydrogen) atoms. The largest absolute Gasteiger partial charge is 0.455 e. The molecule has 110 valence electrons. The molecule has 6 nitrogen and oxygen atoms in total. The van der Waals surface area contributed by atoms with Gasteiger partial charge in [-0.25, -0.2) is 4.98 Å². The van der Waals surface area contributed by atoms with Crippen molar-refractivity contribution in [3.05, 3.63) is 22.8 Å². The molecule has 0 aromatic carbocycles. The van der Waals surface area contributed by atoms with Crippen LogP contribution in [0.5, 0.6) is 0 Å². The Kier molecular flexibility index (Phi) is 5.33. The molecule has 7 heteroatoms. The Hall–Kier alpha value is -1.82. The molecule has 0 aliphatic rings. The van der Waals surface area contributed by atoms with Crippen LogP contribution in [0.3, 0.4) is 0 Å². The highest BCUT2D eigenvalue weighted by atomic mass is 35.5. The van der Waals surface area contributed by atoms with E-state index in [1.165, 1.54) is 6.20 Å². The molecule has 0 spiro atoms. The fraction of sp³-hybridized carbons (Fsp3) is 0.462. The Bertz CT molecular complexity index is 512. The van der Waals surface area contributed by atoms with Crippen molar-refractivity contribution in [3.8, 4) is 0 Å². The highest BCUT2D eigenvalue weighted by Crippen LogP contribution is 2.17. The van der Waals surface area contributed by atoms with Gasteiger partial charge in [-0.2, -0.15) is 0 Å². The summed E-state index contributed by atoms with van der Waals surface area (Å²) in [6.07, 6.45) is 1.42. The quantitative estimate of drug-likeness (QED) is 0.818. The van der Waals surface area contributed by atoms with E-state index in [0.717, 1.165) is 0 Å². The lowest BCUT2D eigenvalue weighted by molar-refractivity contribution is -0.148. The Labute approximate surface area is 122 Å². The molecular formula is C13H18ClN3O3. The van der Waals surface area contributed by atoms with E-state index < -0.39 is 5.97 Å². The third kappa shape index (κ3) is 5.88. The molecule has 3 N–H and O–H groups in total. The van der Waals surface area contributed by atoms with Crippen LogP contribution in [-0.2, 0) is 20.7 Å². The van der Waals surface area contributed by atoms with E-state index in [-0.39, 0.29) is 35.3 Å². The second-order valence-electron chi connectivity index (χ2n) is 5.35. The highest BCUT2D eigenvalue weighted by molar-refractivity contribution is 6.32. The lowest BCUT2D eigenvalue weighted by Gasteiger charge is -2.20. The first kappa shape index (κ1) is 16.2. The average Bonchev–Trinajstić information content (AvgIpc) is 2.29. The normalized spacial score (nSPS) is 11.0. The molecule has 1 aromatic heterocycles. The fourth-order valence-corrected chi connectivity index (χ4v) is 1.59. The number of halogens is 1. The minimum atomic E-state index is -0.531. The van der Waals surface area contributed by atoms with Crippen molar-refractivity contribution in [1.29, 1.82) is 0 Å². The predicted octanol–water partition coefficient (Wildman–Crippen LogP) is 1.32. The summed E-state index contributed by atoms with van der Waals surface area (Å²) >= 11 is 5.79. The van der Waals surface area contributed by atoms with E-state index in [0.29, 0.717) is 5.56 Å². The number of carbonyl (C=O) groups excluding carboxylic acids is 2. The molecule has 0 atom stereocenters. The molecular weight excluding hydrogens is 282 g/mol. The number of anilines is 1. The molecule has 0 saturated carbocycles. The van der Waals surface area contributed by atoms with Gasteiger partial charge in [0.1, 0.15) is 5.82 Å². The Balaban J connectivity index is 2.44. The van der Waals surface area contributed by atoms with Gasteiger partial charge in [0.25, 0.3) is 5.91 Å². The molecule has 0 aliphatic heterocycles. The minimum Gasteiger partial charge on any atom is -0.455 e. The molecule has 0 fully saturated rings. The number of nitrogens with one attached hydrogen (secondary N) is 1. The first-order valence-electron chi connectivity index (χ1n) is 6.04. The Morgan fingerprint density at radius 3 is 2.65 bits per heavy atom. The lowest BCUT2D eigenvalue weighted by atomic mass is 10.1. The molecule has 0 bridgehead atoms. The van der Waals surface area contributed by atoms with Gasteiger partial charge in [-0.1, -0.05) is 11.6 Å². The molecule has 0 radical (unpaired) electrons. The van der Waals surface area contributed by atoms with E-state index >= 15 is 0 Å². The molecule has 1 heterocycles. The van der Waals surface area contributed by atoms with E-state index in [9.17, 15) is 9.59 Å². The number of nitrogen functional groups attached to an aromatic ring is 1. The summed E-state index contributed by atoms with van der Waals surface area (Å²) in [6.45, 7) is 5.21. The van der Waals surface area contributed by atoms with Crippen molar-refractivity contribution < 1.29 is 14.3 Å². The second-order valence-corrected chi connectivity index (χ2v) is 5.75. The number of hydrogen-bond acceptors (Lipinski definition) is 5. The number of aromatic nitrogens is 1. The third-order valence-electron chi connectivity index (χ3n) is 2.15. The van der Waals surface area contributed by atoms with Gasteiger partial charge >= 0.3 is 5.97 Å². The van der Waals surface area contributed by atoms with Crippen LogP contribution in [-0.4, -0.2) is 29.0 Å². The summed E-state index contributed by atoms with van der Waals surface area (Å²) in [6, 6.07) is 1.54. The van der Waals surface area contributed by atoms with Gasteiger partial charge in [0, 0.05) is 11.7 Å². The molecule has 1 rings (SSSR count). The zero-order valence-corrected chi connectivity index (χ0v) is 12.5. The van der Waals surface area contributed by atoms with Gasteiger partial charge in [-0.3, -0.25) is 9.59 Å². The SMILES string of the molecule is CC(C)(C)NC(=O)COC(=O)Cc1cnc(N)c(Cl)c1. The van der Waals surface area contributed by atoms with Crippen molar-refractivity contribution >= 4 is 29.3 Å². The summed E-state index contributed by atoms with van der Waals surface area (Å²) in [5, 5.41) is 2.97. The first-order valence-corrected chi connectivity index (χ1v) is 6.42. The van der Waals surface area contributed by atoms with Gasteiger partial charge in [0.15, 0.2) is 6.61 Å². The van der Waals surface area contributed by atoms with Crippen LogP contribution >= 0.6 is 11.6 Å². The van der Waals surface area contributed by atoms with Crippen molar-refractivity contribution in [3.63, 3.8) is 0 Å². The lowest BCUT2D eigenvalue weighted by Crippen LogP contribution is -2.42. The number of esters is 1. The predicted molar refractivity (Wildman–Crippen MR) is 76.2 cm³/mol. The number of nitrogens with zero attached hydrogens (tertiary/aromatic N) is 1. The summed E-state index contributed by atoms with van der Waals surface area (Å²) in [7, 11) is 0. The second kappa shape index (κ2) is 6.56. The van der Waals surface area contributed by atoms with Gasteiger partial charge < -0.3 is 15.8 Å². The number of rotatable bonds is 4. The summed E-state index contributed by atoms with van der Waals surface area (Å²) in [4.78, 5) is 26.9. The average molecular weight is 300 g/mol. The van der Waals surface area contributed by atoms with Crippen LogP contribution in [0.2, 0.25) is 5.02 Å². The molecule has 0 unspecified atom stereocenters. The van der Waals surface area contributed by atoms with E-state index in [2.05, 4.69) is 10.3 Å². The number of ether oxygens (including phenoxy) is 1. The first-order chi connectivity index (χ1) is 9.17. The van der Waals surface area contributed by atoms with Crippen LogP contribution in [0, 0.1) is 0 Å². The molecule has 0 aliphatic carbocycles. The number of carbonyl (C=O) groups is 2. The monoisotopic (exact) mass is 299 g/mol. The Morgan fingerprint density at radius 2 is 2.10 bits per heavy atom. The molecule has 1 aromatic rings. The van der Waals surface area contributed by atoms with Crippen LogP contribution in [0.4, 0.5) is 5.82 Å². The van der Waals surface area contributed by atoms with Crippen molar-refractivity contribution in [2.24, 2.45) is 0 Å². The number of pyridine rings is 1. The maximum atomic E-state index is 11.6. The number of nitrogens with two attached hydrogens (primary N) is 1. The van der Waals surface area contributed by atoms with Crippen LogP contribution in [0.1, 0.15) is 26.3 Å². The van der Waals surface area contributed by atoms with Gasteiger partial charge in [0.05, 0.1) is 11.4 Å². The van der Waals surface area contributed by atoms with Gasteiger partial charge in [-0.15, -0.1) is 0 Å². The number of hydrogen-bond donors (Lipinski definition) is 2. The standard InChI is InChI=1S/C13H18ClN3O3/c1-13(2,3)17-10(18)7-20-11(19)5-8-4-9(14)12(15)16-6-8/h4,6H,5,7H2,1-3H3,(H2,15,16)(H,17,18). The van der Waals surface area contributed by atoms with E-state index in [1.54, 1.807) is 6.07 Å². The summed E-state index contributed by atoms with van der Waals surface area (Å²) < 4.78 is 4.87. The van der Waals surface area contributed by atoms with Crippen molar-refractivity contribution in [2.45, 2.75) is 32.7 Å². The zero-order chi connectivity index (χ0) is 15.3. The van der Waals surface area contributed by atoms with Crippen LogP contribution < -0.4 is 11.1 Å². The summed E-state index contributed by atoms with van der Waals surface area (Å²) in [5.74, 6) is -0.677. The van der Waals surface area contributed by atoms with Gasteiger partial charge in [-0.05, 0) is 32.4 Å². The van der Waals surface area contributed by atoms with Crippen LogP contribution in [0.15, 0.2) is 12.3 Å². The Morgan fingerprint density at radius 1 is 1.45 bits per heavy atom. The van der Waals surface area contributed by atoms with Crippen molar-refractivity contribution in [2.75, 3.05) is 12.3 Å².